The lowest BCUT2D eigenvalue weighted by Gasteiger charge is -2.25. The van der Waals surface area contributed by atoms with Gasteiger partial charge in [-0.2, -0.15) is 0 Å². The Balaban J connectivity index is 2.94. The second kappa shape index (κ2) is 5.16. The quantitative estimate of drug-likeness (QED) is 0.826. The van der Waals surface area contributed by atoms with Crippen LogP contribution in [0.1, 0.15) is 25.3 Å². The first-order valence-corrected chi connectivity index (χ1v) is 7.37. The van der Waals surface area contributed by atoms with Crippen LogP contribution in [0.4, 0.5) is 0 Å². The van der Waals surface area contributed by atoms with Gasteiger partial charge in [-0.15, -0.1) is 0 Å². The van der Waals surface area contributed by atoms with Crippen LogP contribution in [0.15, 0.2) is 29.2 Å². The zero-order valence-corrected chi connectivity index (χ0v) is 11.0. The van der Waals surface area contributed by atoms with Crippen molar-refractivity contribution in [3.8, 4) is 0 Å². The second-order valence-electron chi connectivity index (χ2n) is 4.54. The molecular formula is C12H19NO3S. The summed E-state index contributed by atoms with van der Waals surface area (Å²) in [5, 5.41) is 8.79. The predicted octanol–water partition coefficient (Wildman–Crippen LogP) is 1.04. The van der Waals surface area contributed by atoms with Gasteiger partial charge in [0.2, 0.25) is 0 Å². The highest BCUT2D eigenvalue weighted by molar-refractivity contribution is 7.90. The Morgan fingerprint density at radius 2 is 1.82 bits per heavy atom. The summed E-state index contributed by atoms with van der Waals surface area (Å²) in [5.74, 6) is 0. The van der Waals surface area contributed by atoms with E-state index in [9.17, 15) is 8.42 Å². The molecule has 0 radical (unpaired) electrons. The fourth-order valence-corrected chi connectivity index (χ4v) is 2.30. The van der Waals surface area contributed by atoms with Crippen molar-refractivity contribution >= 4 is 9.84 Å². The molecule has 0 amide bonds. The molecule has 4 nitrogen and oxygen atoms in total. The molecule has 1 atom stereocenters. The lowest BCUT2D eigenvalue weighted by Crippen LogP contribution is -2.33. The van der Waals surface area contributed by atoms with E-state index in [4.69, 9.17) is 10.8 Å². The molecule has 3 N–H and O–H groups in total. The lowest BCUT2D eigenvalue weighted by molar-refractivity contribution is 0.265. The van der Waals surface area contributed by atoms with Crippen LogP contribution in [-0.2, 0) is 15.4 Å². The van der Waals surface area contributed by atoms with E-state index in [1.807, 2.05) is 6.92 Å². The first-order chi connectivity index (χ1) is 7.77. The molecule has 0 aromatic heterocycles. The number of aliphatic hydroxyl groups excluding tert-OH is 1. The SMILES string of the molecule is CC(N)(CCCO)c1ccc(S(C)(=O)=O)cc1. The molecule has 5 heteroatoms. The number of nitrogens with two attached hydrogens (primary N) is 1. The molecular weight excluding hydrogens is 238 g/mol. The Morgan fingerprint density at radius 1 is 1.29 bits per heavy atom. The van der Waals surface area contributed by atoms with Crippen molar-refractivity contribution in [1.82, 2.24) is 0 Å². The van der Waals surface area contributed by atoms with E-state index in [0.29, 0.717) is 17.7 Å². The molecule has 0 aliphatic heterocycles. The Hall–Kier alpha value is -0.910. The minimum atomic E-state index is -3.16. The van der Waals surface area contributed by atoms with Gasteiger partial charge in [0.25, 0.3) is 0 Å². The summed E-state index contributed by atoms with van der Waals surface area (Å²) in [7, 11) is -3.16. The summed E-state index contributed by atoms with van der Waals surface area (Å²) in [6.07, 6.45) is 2.46. The minimum Gasteiger partial charge on any atom is -0.396 e. The smallest absolute Gasteiger partial charge is 0.175 e. The van der Waals surface area contributed by atoms with Crippen LogP contribution in [-0.4, -0.2) is 26.4 Å². The Morgan fingerprint density at radius 3 is 2.24 bits per heavy atom. The van der Waals surface area contributed by atoms with Gasteiger partial charge in [-0.05, 0) is 37.5 Å². The van der Waals surface area contributed by atoms with Crippen LogP contribution >= 0.6 is 0 Å². The molecule has 1 aromatic carbocycles. The third-order valence-corrected chi connectivity index (χ3v) is 3.92. The molecule has 96 valence electrons. The molecule has 0 spiro atoms. The Labute approximate surface area is 102 Å². The first kappa shape index (κ1) is 14.2. The summed E-state index contributed by atoms with van der Waals surface area (Å²) < 4.78 is 22.6. The van der Waals surface area contributed by atoms with Crippen LogP contribution in [0.3, 0.4) is 0 Å². The highest BCUT2D eigenvalue weighted by Gasteiger charge is 2.20. The van der Waals surface area contributed by atoms with Crippen molar-refractivity contribution in [2.24, 2.45) is 5.73 Å². The van der Waals surface area contributed by atoms with Crippen molar-refractivity contribution in [1.29, 1.82) is 0 Å². The van der Waals surface area contributed by atoms with Crippen molar-refractivity contribution in [2.75, 3.05) is 12.9 Å². The van der Waals surface area contributed by atoms with Crippen LogP contribution < -0.4 is 5.73 Å². The number of aliphatic hydroxyl groups is 1. The van der Waals surface area contributed by atoms with E-state index in [1.165, 1.54) is 6.26 Å². The average Bonchev–Trinajstić information content (AvgIpc) is 2.25. The largest absolute Gasteiger partial charge is 0.396 e. The Bertz CT molecular complexity index is 463. The molecule has 0 heterocycles. The van der Waals surface area contributed by atoms with Crippen molar-refractivity contribution in [3.05, 3.63) is 29.8 Å². The predicted molar refractivity (Wildman–Crippen MR) is 67.4 cm³/mol. The van der Waals surface area contributed by atoms with Crippen LogP contribution in [0, 0.1) is 0 Å². The number of hydrogen-bond donors (Lipinski definition) is 2. The fourth-order valence-electron chi connectivity index (χ4n) is 1.67. The molecule has 0 saturated heterocycles. The number of hydrogen-bond acceptors (Lipinski definition) is 4. The number of rotatable bonds is 5. The van der Waals surface area contributed by atoms with E-state index in [2.05, 4.69) is 0 Å². The van der Waals surface area contributed by atoms with E-state index in [1.54, 1.807) is 24.3 Å². The summed E-state index contributed by atoms with van der Waals surface area (Å²) in [4.78, 5) is 0.291. The van der Waals surface area contributed by atoms with Gasteiger partial charge in [0.15, 0.2) is 9.84 Å². The van der Waals surface area contributed by atoms with Crippen molar-refractivity contribution in [2.45, 2.75) is 30.2 Å². The van der Waals surface area contributed by atoms with Gasteiger partial charge < -0.3 is 10.8 Å². The monoisotopic (exact) mass is 257 g/mol. The van der Waals surface area contributed by atoms with Gasteiger partial charge in [0, 0.05) is 18.4 Å². The van der Waals surface area contributed by atoms with Crippen molar-refractivity contribution in [3.63, 3.8) is 0 Å². The number of sulfone groups is 1. The zero-order chi connectivity index (χ0) is 13.1. The van der Waals surface area contributed by atoms with Gasteiger partial charge >= 0.3 is 0 Å². The average molecular weight is 257 g/mol. The normalized spacial score (nSPS) is 15.5. The van der Waals surface area contributed by atoms with E-state index in [0.717, 1.165) is 5.56 Å². The summed E-state index contributed by atoms with van der Waals surface area (Å²) in [5.41, 5.74) is 6.45. The standard InChI is InChI=1S/C12H19NO3S/c1-12(13,8-3-9-14)10-4-6-11(7-5-10)17(2,15)16/h4-7,14H,3,8-9,13H2,1-2H3. The second-order valence-corrected chi connectivity index (χ2v) is 6.56. The Kier molecular flexibility index (Phi) is 4.30. The molecule has 0 fully saturated rings. The third kappa shape index (κ3) is 3.80. The summed E-state index contributed by atoms with van der Waals surface area (Å²) >= 11 is 0. The maximum atomic E-state index is 11.3. The van der Waals surface area contributed by atoms with Crippen LogP contribution in [0.25, 0.3) is 0 Å². The molecule has 0 bridgehead atoms. The lowest BCUT2D eigenvalue weighted by atomic mass is 9.89. The molecule has 1 unspecified atom stereocenters. The van der Waals surface area contributed by atoms with E-state index < -0.39 is 15.4 Å². The maximum absolute atomic E-state index is 11.3. The first-order valence-electron chi connectivity index (χ1n) is 5.48. The van der Waals surface area contributed by atoms with Gasteiger partial charge in [0.05, 0.1) is 4.90 Å². The van der Waals surface area contributed by atoms with Crippen LogP contribution in [0.2, 0.25) is 0 Å². The topological polar surface area (TPSA) is 80.4 Å². The van der Waals surface area contributed by atoms with Gasteiger partial charge in [0.1, 0.15) is 0 Å². The molecule has 1 rings (SSSR count). The molecule has 0 aliphatic rings. The fraction of sp³-hybridized carbons (Fsp3) is 0.500. The summed E-state index contributed by atoms with van der Waals surface area (Å²) in [6.45, 7) is 1.98. The molecule has 0 saturated carbocycles. The van der Waals surface area contributed by atoms with Gasteiger partial charge in [-0.1, -0.05) is 12.1 Å². The summed E-state index contributed by atoms with van der Waals surface area (Å²) in [6, 6.07) is 6.59. The van der Waals surface area contributed by atoms with Gasteiger partial charge in [-0.25, -0.2) is 8.42 Å². The third-order valence-electron chi connectivity index (χ3n) is 2.80. The highest BCUT2D eigenvalue weighted by atomic mass is 32.2. The highest BCUT2D eigenvalue weighted by Crippen LogP contribution is 2.24. The number of benzene rings is 1. The van der Waals surface area contributed by atoms with E-state index >= 15 is 0 Å². The van der Waals surface area contributed by atoms with Crippen LogP contribution in [0.5, 0.6) is 0 Å². The molecule has 17 heavy (non-hydrogen) atoms. The van der Waals surface area contributed by atoms with Gasteiger partial charge in [-0.3, -0.25) is 0 Å². The van der Waals surface area contributed by atoms with Crippen molar-refractivity contribution < 1.29 is 13.5 Å². The minimum absolute atomic E-state index is 0.105. The molecule has 0 aliphatic carbocycles. The maximum Gasteiger partial charge on any atom is 0.175 e. The zero-order valence-electron chi connectivity index (χ0n) is 10.2. The molecule has 1 aromatic rings. The van der Waals surface area contributed by atoms with E-state index in [-0.39, 0.29) is 6.61 Å².